The number of nitrogens with zero attached hydrogens (tertiary/aromatic N) is 1. The molecule has 1 aliphatic heterocycles. The summed E-state index contributed by atoms with van der Waals surface area (Å²) in [6.45, 7) is 6.53. The first-order valence-electron chi connectivity index (χ1n) is 5.58. The number of hydrogen-bond acceptors (Lipinski definition) is 6. The van der Waals surface area contributed by atoms with Gasteiger partial charge in [-0.3, -0.25) is 0 Å². The molecular weight excluding hydrogens is 389 g/mol. The third-order valence-corrected chi connectivity index (χ3v) is 2.66. The standard InChI is InChI=1S/C9H20N.2FO2S.Ru/c1-3-7-10(2)8-5-4-6-9-10;2*1-4(2)3;/h3-9H2,1-2H3;;;/q+1;2*-1;+3. The number of piperidine rings is 1. The molecule has 10 heteroatoms. The third-order valence-electron chi connectivity index (χ3n) is 2.66. The Morgan fingerprint density at radius 2 is 1.26 bits per heavy atom. The van der Waals surface area contributed by atoms with E-state index in [1.807, 2.05) is 0 Å². The predicted molar refractivity (Wildman–Crippen MR) is 64.6 cm³/mol. The zero-order valence-corrected chi connectivity index (χ0v) is 14.3. The Hall–Kier alpha value is 0.343. The fourth-order valence-corrected chi connectivity index (χ4v) is 2.04. The van der Waals surface area contributed by atoms with E-state index >= 15 is 0 Å². The van der Waals surface area contributed by atoms with Crippen LogP contribution in [-0.4, -0.2) is 31.2 Å². The van der Waals surface area contributed by atoms with Gasteiger partial charge in [0.05, 0.1) is 48.9 Å². The molecule has 1 fully saturated rings. The van der Waals surface area contributed by atoms with Crippen LogP contribution in [-0.2, 0) is 58.5 Å². The zero-order valence-electron chi connectivity index (χ0n) is 11.0. The largest absolute Gasteiger partial charge is 3.00 e. The van der Waals surface area contributed by atoms with Crippen molar-refractivity contribution in [1.82, 2.24) is 0 Å². The molecular formula is C9H20F2NO4RuS2+2. The van der Waals surface area contributed by atoms with Gasteiger partial charge in [0.25, 0.3) is 0 Å². The molecule has 0 spiro atoms. The van der Waals surface area contributed by atoms with Gasteiger partial charge in [-0.2, -0.15) is 0 Å². The van der Waals surface area contributed by atoms with Gasteiger partial charge in [-0.25, -0.2) is 0 Å². The van der Waals surface area contributed by atoms with E-state index in [2.05, 4.69) is 14.0 Å². The summed E-state index contributed by atoms with van der Waals surface area (Å²) in [5.74, 6) is 0. The molecule has 5 nitrogen and oxygen atoms in total. The Morgan fingerprint density at radius 3 is 1.53 bits per heavy atom. The number of likely N-dealkylation sites (tertiary alicyclic amines) is 1. The molecule has 0 unspecified atom stereocenters. The van der Waals surface area contributed by atoms with Crippen LogP contribution >= 0.6 is 0 Å². The van der Waals surface area contributed by atoms with Crippen molar-refractivity contribution in [2.24, 2.45) is 0 Å². The molecule has 0 aromatic rings. The average molecular weight is 409 g/mol. The van der Waals surface area contributed by atoms with Crippen molar-refractivity contribution in [2.75, 3.05) is 26.7 Å². The Balaban J connectivity index is -0.000000242. The van der Waals surface area contributed by atoms with Crippen molar-refractivity contribution in [3.05, 3.63) is 0 Å². The minimum absolute atomic E-state index is 0. The molecule has 0 atom stereocenters. The van der Waals surface area contributed by atoms with E-state index in [0.29, 0.717) is 0 Å². The molecule has 1 aliphatic rings. The van der Waals surface area contributed by atoms with E-state index in [9.17, 15) is 7.77 Å². The summed E-state index contributed by atoms with van der Waals surface area (Å²) in [5.41, 5.74) is 0. The van der Waals surface area contributed by atoms with Gasteiger partial charge in [-0.15, -0.1) is 0 Å². The van der Waals surface area contributed by atoms with E-state index in [1.165, 1.54) is 49.8 Å². The van der Waals surface area contributed by atoms with E-state index in [-0.39, 0.29) is 19.5 Å². The Labute approximate surface area is 130 Å². The van der Waals surface area contributed by atoms with Crippen LogP contribution < -0.4 is 0 Å². The van der Waals surface area contributed by atoms with Crippen LogP contribution in [0.4, 0.5) is 7.77 Å². The molecule has 0 aromatic carbocycles. The Bertz CT molecular complexity index is 304. The molecule has 1 heterocycles. The second-order valence-corrected chi connectivity index (χ2v) is 5.02. The summed E-state index contributed by atoms with van der Waals surface area (Å²) < 4.78 is 54.5. The van der Waals surface area contributed by atoms with Crippen LogP contribution in [0.15, 0.2) is 0 Å². The smallest absolute Gasteiger partial charge is 0.392 e. The summed E-state index contributed by atoms with van der Waals surface area (Å²) in [6.07, 6.45) is 5.72. The van der Waals surface area contributed by atoms with Gasteiger partial charge in [0.15, 0.2) is 0 Å². The van der Waals surface area contributed by atoms with Crippen molar-refractivity contribution < 1.29 is 48.6 Å². The van der Waals surface area contributed by atoms with E-state index in [4.69, 9.17) is 16.8 Å². The van der Waals surface area contributed by atoms with Crippen LogP contribution in [0.25, 0.3) is 0 Å². The summed E-state index contributed by atoms with van der Waals surface area (Å²) in [6, 6.07) is 0. The van der Waals surface area contributed by atoms with E-state index in [1.54, 1.807) is 0 Å². The van der Waals surface area contributed by atoms with Gasteiger partial charge in [-0.05, 0) is 25.7 Å². The van der Waals surface area contributed by atoms with Crippen LogP contribution in [0, 0.1) is 0 Å². The normalized spacial score (nSPS) is 16.5. The molecule has 0 amide bonds. The van der Waals surface area contributed by atoms with Gasteiger partial charge in [0.1, 0.15) is 0 Å². The molecule has 19 heavy (non-hydrogen) atoms. The summed E-state index contributed by atoms with van der Waals surface area (Å²) in [5, 5.41) is 0. The average Bonchev–Trinajstić information content (AvgIpc) is 2.16. The number of rotatable bonds is 2. The van der Waals surface area contributed by atoms with Crippen LogP contribution in [0.5, 0.6) is 0 Å². The minimum atomic E-state index is -3.36. The van der Waals surface area contributed by atoms with Crippen molar-refractivity contribution in [3.63, 3.8) is 0 Å². The molecule has 1 saturated heterocycles. The summed E-state index contributed by atoms with van der Waals surface area (Å²) >= 11 is -6.72. The molecule has 117 valence electrons. The monoisotopic (exact) mass is 410 g/mol. The Kier molecular flexibility index (Phi) is 18.9. The maximum Gasteiger partial charge on any atom is 3.00 e. The topological polar surface area (TPSA) is 68.3 Å². The summed E-state index contributed by atoms with van der Waals surface area (Å²) in [4.78, 5) is 0. The first kappa shape index (κ1) is 24.4. The first-order chi connectivity index (χ1) is 8.23. The second-order valence-electron chi connectivity index (χ2n) is 4.24. The number of halogens is 2. The van der Waals surface area contributed by atoms with E-state index < -0.39 is 22.2 Å². The summed E-state index contributed by atoms with van der Waals surface area (Å²) in [7, 11) is 2.41. The molecule has 0 bridgehead atoms. The van der Waals surface area contributed by atoms with Gasteiger partial charge >= 0.3 is 19.5 Å². The Morgan fingerprint density at radius 1 is 0.947 bits per heavy atom. The minimum Gasteiger partial charge on any atom is -0.392 e. The molecule has 1 rings (SSSR count). The molecule has 0 aliphatic carbocycles. The molecule has 1 radical (unpaired) electrons. The maximum absolute atomic E-state index is 9.92. The number of hydrogen-bond donors (Lipinski definition) is 0. The van der Waals surface area contributed by atoms with Gasteiger partial charge in [0.2, 0.25) is 0 Å². The van der Waals surface area contributed by atoms with E-state index in [0.717, 1.165) is 0 Å². The third kappa shape index (κ3) is 23.8. The van der Waals surface area contributed by atoms with Crippen molar-refractivity contribution in [3.8, 4) is 0 Å². The molecule has 0 saturated carbocycles. The zero-order chi connectivity index (χ0) is 14.6. The fourth-order valence-electron chi connectivity index (χ4n) is 2.04. The predicted octanol–water partition coefficient (Wildman–Crippen LogP) is 2.38. The van der Waals surface area contributed by atoms with Crippen molar-refractivity contribution in [1.29, 1.82) is 0 Å². The van der Waals surface area contributed by atoms with Crippen molar-refractivity contribution >= 4 is 22.2 Å². The SMILES string of the molecule is CCC[N+]1(C)CCCCC1.O=[S-](=O)F.O=[S-](=O)F.[Ru+3]. The van der Waals surface area contributed by atoms with Crippen LogP contribution in [0.2, 0.25) is 0 Å². The molecule has 0 aromatic heterocycles. The second kappa shape index (κ2) is 14.7. The van der Waals surface area contributed by atoms with Crippen LogP contribution in [0.1, 0.15) is 32.6 Å². The van der Waals surface area contributed by atoms with Crippen molar-refractivity contribution in [2.45, 2.75) is 32.6 Å². The van der Waals surface area contributed by atoms with Gasteiger partial charge in [-0.1, -0.05) is 6.92 Å². The van der Waals surface area contributed by atoms with Crippen LogP contribution in [0.3, 0.4) is 0 Å². The molecule has 0 N–H and O–H groups in total. The van der Waals surface area contributed by atoms with Gasteiger partial charge < -0.3 is 29.1 Å². The number of quaternary nitrogens is 1. The first-order valence-corrected chi connectivity index (χ1v) is 7.53. The fraction of sp³-hybridized carbons (Fsp3) is 1.00. The maximum atomic E-state index is 9.92. The van der Waals surface area contributed by atoms with Gasteiger partial charge in [0, 0.05) is 0 Å². The quantitative estimate of drug-likeness (QED) is 0.304.